The molecule has 1 aliphatic carbocycles. The van der Waals surface area contributed by atoms with Crippen molar-refractivity contribution in [1.29, 1.82) is 0 Å². The predicted octanol–water partition coefficient (Wildman–Crippen LogP) is 7.56. The molecule has 2 aromatic rings. The normalized spacial score (nSPS) is 23.4. The second kappa shape index (κ2) is 12.8. The standard InChI is InChI=1S/C34H48N2O3/c1-24-9-11-28(32-12-10-25(2)38-32)21-27(8-6-7-26-13-17-35(3)18-14-26)31-23-33(37-5)34(22-30(24)31)39-29-15-19-36(4)20-16-29/h10-12,21-24,26,29H,6-9,13-20H2,1-5H3/b27-21?,28-11-. The maximum atomic E-state index is 6.60. The summed E-state index contributed by atoms with van der Waals surface area (Å²) < 4.78 is 18.6. The lowest BCUT2D eigenvalue weighted by Crippen LogP contribution is -2.35. The lowest BCUT2D eigenvalue weighted by molar-refractivity contribution is 0.111. The number of ether oxygens (including phenoxy) is 2. The van der Waals surface area contributed by atoms with Gasteiger partial charge in [0.2, 0.25) is 0 Å². The molecule has 0 saturated carbocycles. The number of piperidine rings is 2. The number of likely N-dealkylation sites (tertiary alicyclic amines) is 2. The number of methoxy groups -OCH3 is 1. The van der Waals surface area contributed by atoms with Crippen molar-refractivity contribution in [3.63, 3.8) is 0 Å². The molecule has 0 spiro atoms. The van der Waals surface area contributed by atoms with Crippen molar-refractivity contribution in [1.82, 2.24) is 9.80 Å². The molecule has 1 atom stereocenters. The number of fused-ring (bicyclic) bond motifs is 1. The highest BCUT2D eigenvalue weighted by atomic mass is 16.5. The van der Waals surface area contributed by atoms with E-state index in [0.29, 0.717) is 5.92 Å². The second-order valence-electron chi connectivity index (χ2n) is 12.2. The lowest BCUT2D eigenvalue weighted by atomic mass is 9.83. The number of hydrogen-bond donors (Lipinski definition) is 0. The largest absolute Gasteiger partial charge is 0.493 e. The highest BCUT2D eigenvalue weighted by Crippen LogP contribution is 2.43. The lowest BCUT2D eigenvalue weighted by Gasteiger charge is -2.31. The van der Waals surface area contributed by atoms with E-state index in [-0.39, 0.29) is 6.10 Å². The first kappa shape index (κ1) is 28.0. The maximum Gasteiger partial charge on any atom is 0.161 e. The number of furan rings is 1. The average Bonchev–Trinajstić information content (AvgIpc) is 3.37. The van der Waals surface area contributed by atoms with Gasteiger partial charge >= 0.3 is 0 Å². The number of aryl methyl sites for hydroxylation is 1. The third-order valence-corrected chi connectivity index (χ3v) is 9.11. The maximum absolute atomic E-state index is 6.60. The molecule has 5 heteroatoms. The first-order valence-corrected chi connectivity index (χ1v) is 15.1. The van der Waals surface area contributed by atoms with Gasteiger partial charge in [0.25, 0.3) is 0 Å². The first-order valence-electron chi connectivity index (χ1n) is 15.1. The van der Waals surface area contributed by atoms with Gasteiger partial charge in [-0.2, -0.15) is 0 Å². The van der Waals surface area contributed by atoms with E-state index in [1.165, 1.54) is 61.0 Å². The van der Waals surface area contributed by atoms with E-state index in [2.05, 4.69) is 67.2 Å². The summed E-state index contributed by atoms with van der Waals surface area (Å²) >= 11 is 0. The summed E-state index contributed by atoms with van der Waals surface area (Å²) in [5, 5.41) is 0. The van der Waals surface area contributed by atoms with Gasteiger partial charge in [-0.3, -0.25) is 0 Å². The van der Waals surface area contributed by atoms with Gasteiger partial charge in [-0.1, -0.05) is 19.4 Å². The Morgan fingerprint density at radius 2 is 1.67 bits per heavy atom. The minimum atomic E-state index is 0.246. The number of allylic oxidation sites excluding steroid dienone is 4. The summed E-state index contributed by atoms with van der Waals surface area (Å²) in [5.41, 5.74) is 5.26. The predicted molar refractivity (Wildman–Crippen MR) is 161 cm³/mol. The SMILES string of the molecule is COc1cc2c(cc1OC1CCN(C)CC1)C(C)C/C=C(\c1ccc(C)o1)C=C2CCCC1CCN(C)CC1. The highest BCUT2D eigenvalue weighted by Gasteiger charge is 2.25. The zero-order valence-electron chi connectivity index (χ0n) is 24.8. The van der Waals surface area contributed by atoms with Crippen LogP contribution in [0.2, 0.25) is 0 Å². The summed E-state index contributed by atoms with van der Waals surface area (Å²) in [6.45, 7) is 8.99. The molecule has 5 nitrogen and oxygen atoms in total. The Morgan fingerprint density at radius 1 is 0.949 bits per heavy atom. The van der Waals surface area contributed by atoms with Gasteiger partial charge in [0.1, 0.15) is 17.6 Å². The van der Waals surface area contributed by atoms with Crippen LogP contribution in [0.15, 0.2) is 40.8 Å². The van der Waals surface area contributed by atoms with Crippen LogP contribution in [-0.2, 0) is 0 Å². The molecule has 0 N–H and O–H groups in total. The minimum absolute atomic E-state index is 0.246. The fraction of sp³-hybridized carbons (Fsp3) is 0.588. The van der Waals surface area contributed by atoms with Gasteiger partial charge < -0.3 is 23.7 Å². The zero-order chi connectivity index (χ0) is 27.4. The Kier molecular flexibility index (Phi) is 9.19. The van der Waals surface area contributed by atoms with Crippen LogP contribution in [0.25, 0.3) is 11.1 Å². The summed E-state index contributed by atoms with van der Waals surface area (Å²) in [6.07, 6.45) is 14.3. The molecule has 3 aliphatic rings. The van der Waals surface area contributed by atoms with E-state index in [9.17, 15) is 0 Å². The van der Waals surface area contributed by atoms with Gasteiger partial charge in [0.15, 0.2) is 11.5 Å². The Balaban J connectivity index is 1.44. The van der Waals surface area contributed by atoms with Gasteiger partial charge in [-0.15, -0.1) is 0 Å². The van der Waals surface area contributed by atoms with Crippen LogP contribution in [-0.4, -0.2) is 63.3 Å². The van der Waals surface area contributed by atoms with Gasteiger partial charge in [-0.05, 0) is 138 Å². The topological polar surface area (TPSA) is 38.1 Å². The first-order chi connectivity index (χ1) is 18.9. The van der Waals surface area contributed by atoms with Crippen molar-refractivity contribution in [2.24, 2.45) is 5.92 Å². The summed E-state index contributed by atoms with van der Waals surface area (Å²) in [7, 11) is 6.21. The molecule has 1 aromatic heterocycles. The van der Waals surface area contributed by atoms with E-state index < -0.39 is 0 Å². The fourth-order valence-corrected chi connectivity index (χ4v) is 6.45. The molecule has 1 unspecified atom stereocenters. The highest BCUT2D eigenvalue weighted by molar-refractivity contribution is 5.85. The number of hydrogen-bond acceptors (Lipinski definition) is 5. The molecule has 2 fully saturated rings. The fourth-order valence-electron chi connectivity index (χ4n) is 6.45. The number of nitrogens with zero attached hydrogens (tertiary/aromatic N) is 2. The molecule has 0 radical (unpaired) electrons. The Bertz CT molecular complexity index is 1160. The molecule has 39 heavy (non-hydrogen) atoms. The van der Waals surface area contributed by atoms with Crippen molar-refractivity contribution in [2.75, 3.05) is 47.4 Å². The van der Waals surface area contributed by atoms with E-state index >= 15 is 0 Å². The minimum Gasteiger partial charge on any atom is -0.493 e. The molecule has 3 heterocycles. The molecular weight excluding hydrogens is 484 g/mol. The van der Waals surface area contributed by atoms with Crippen molar-refractivity contribution < 1.29 is 13.9 Å². The van der Waals surface area contributed by atoms with Crippen LogP contribution in [0.3, 0.4) is 0 Å². The van der Waals surface area contributed by atoms with Crippen LogP contribution >= 0.6 is 0 Å². The number of rotatable bonds is 8. The smallest absolute Gasteiger partial charge is 0.161 e. The molecule has 5 rings (SSSR count). The van der Waals surface area contributed by atoms with E-state index in [1.54, 1.807) is 7.11 Å². The summed E-state index contributed by atoms with van der Waals surface area (Å²) in [5.74, 6) is 4.88. The molecule has 2 aliphatic heterocycles. The number of benzene rings is 1. The van der Waals surface area contributed by atoms with Crippen LogP contribution in [0.1, 0.15) is 86.9 Å². The Hall–Kier alpha value is -2.50. The average molecular weight is 533 g/mol. The van der Waals surface area contributed by atoms with Crippen molar-refractivity contribution in [3.05, 3.63) is 59.1 Å². The quantitative estimate of drug-likeness (QED) is 0.351. The third kappa shape index (κ3) is 6.99. The van der Waals surface area contributed by atoms with Gasteiger partial charge in [0, 0.05) is 18.7 Å². The van der Waals surface area contributed by atoms with Crippen molar-refractivity contribution in [3.8, 4) is 11.5 Å². The summed E-state index contributed by atoms with van der Waals surface area (Å²) in [4.78, 5) is 4.85. The van der Waals surface area contributed by atoms with Crippen molar-refractivity contribution in [2.45, 2.75) is 77.2 Å². The van der Waals surface area contributed by atoms with Crippen LogP contribution in [0, 0.1) is 12.8 Å². The van der Waals surface area contributed by atoms with Crippen LogP contribution in [0.4, 0.5) is 0 Å². The molecule has 1 aromatic carbocycles. The molecule has 0 bridgehead atoms. The Labute approximate surface area is 235 Å². The van der Waals surface area contributed by atoms with Gasteiger partial charge in [-0.25, -0.2) is 0 Å². The van der Waals surface area contributed by atoms with Crippen LogP contribution < -0.4 is 9.47 Å². The monoisotopic (exact) mass is 532 g/mol. The van der Waals surface area contributed by atoms with E-state index in [0.717, 1.165) is 67.7 Å². The molecular formula is C34H48N2O3. The molecule has 212 valence electrons. The molecule has 2 saturated heterocycles. The zero-order valence-corrected chi connectivity index (χ0v) is 24.8. The van der Waals surface area contributed by atoms with Crippen LogP contribution in [0.5, 0.6) is 11.5 Å². The summed E-state index contributed by atoms with van der Waals surface area (Å²) in [6, 6.07) is 8.72. The molecule has 0 amide bonds. The third-order valence-electron chi connectivity index (χ3n) is 9.11. The van der Waals surface area contributed by atoms with E-state index in [1.807, 2.05) is 6.92 Å². The Morgan fingerprint density at radius 3 is 2.33 bits per heavy atom. The van der Waals surface area contributed by atoms with Gasteiger partial charge in [0.05, 0.1) is 7.11 Å². The van der Waals surface area contributed by atoms with Crippen molar-refractivity contribution >= 4 is 11.1 Å². The second-order valence-corrected chi connectivity index (χ2v) is 12.2. The van der Waals surface area contributed by atoms with E-state index in [4.69, 9.17) is 13.9 Å².